The van der Waals surface area contributed by atoms with E-state index in [4.69, 9.17) is 0 Å². The summed E-state index contributed by atoms with van der Waals surface area (Å²) in [7, 11) is 0. The van der Waals surface area contributed by atoms with Gasteiger partial charge in [-0.25, -0.2) is 9.67 Å². The Kier molecular flexibility index (Phi) is 2.23. The largest absolute Gasteiger partial charge is 0.221 e. The number of hydrogen-bond donors (Lipinski definition) is 0. The average Bonchev–Trinajstić information content (AvgIpc) is 2.92. The fraction of sp³-hybridized carbons (Fsp3) is 0.455. The first-order valence-corrected chi connectivity index (χ1v) is 5.16. The third-order valence-electron chi connectivity index (χ3n) is 2.54. The highest BCUT2D eigenvalue weighted by atomic mass is 15.3. The molecule has 2 aliphatic rings. The highest BCUT2D eigenvalue weighted by molar-refractivity contribution is 5.51. The normalized spacial score (nSPS) is 19.6. The third-order valence-corrected chi connectivity index (χ3v) is 2.54. The van der Waals surface area contributed by atoms with Crippen LogP contribution in [0.2, 0.25) is 0 Å². The molecule has 3 rings (SSSR count). The molecule has 3 heteroatoms. The second-order valence-corrected chi connectivity index (χ2v) is 3.45. The molecule has 0 amide bonds. The van der Waals surface area contributed by atoms with E-state index in [2.05, 4.69) is 28.3 Å². The van der Waals surface area contributed by atoms with Crippen molar-refractivity contribution in [2.75, 3.05) is 0 Å². The molecule has 3 nitrogen and oxygen atoms in total. The standard InChI is InChI=1S/C9H9N3.C2H6/c1-2-9(3-4-9)5-6-12-8(1)10-7-11-12;1-2/h1-2,5-7H,3-4H2;1-2H3. The molecule has 0 saturated heterocycles. The minimum Gasteiger partial charge on any atom is -0.221 e. The Morgan fingerprint density at radius 1 is 1.29 bits per heavy atom. The van der Waals surface area contributed by atoms with Gasteiger partial charge in [-0.2, -0.15) is 5.10 Å². The molecule has 0 atom stereocenters. The third kappa shape index (κ3) is 1.50. The predicted octanol–water partition coefficient (Wildman–Crippen LogP) is 2.58. The predicted molar refractivity (Wildman–Crippen MR) is 57.4 cm³/mol. The van der Waals surface area contributed by atoms with Crippen LogP contribution in [-0.4, -0.2) is 14.8 Å². The Morgan fingerprint density at radius 3 is 2.79 bits per heavy atom. The zero-order valence-corrected chi connectivity index (χ0v) is 8.64. The van der Waals surface area contributed by atoms with E-state index in [0.717, 1.165) is 5.82 Å². The van der Waals surface area contributed by atoms with Crippen molar-refractivity contribution in [1.82, 2.24) is 14.8 Å². The highest BCUT2D eigenvalue weighted by Crippen LogP contribution is 2.49. The number of hydrogen-bond acceptors (Lipinski definition) is 2. The molecule has 1 aromatic rings. The lowest BCUT2D eigenvalue weighted by molar-refractivity contribution is 0.858. The van der Waals surface area contributed by atoms with Crippen LogP contribution in [0, 0.1) is 5.41 Å². The van der Waals surface area contributed by atoms with Crippen LogP contribution in [0.3, 0.4) is 0 Å². The molecule has 0 radical (unpaired) electrons. The van der Waals surface area contributed by atoms with Crippen LogP contribution in [0.4, 0.5) is 0 Å². The Balaban J connectivity index is 0.000000354. The van der Waals surface area contributed by atoms with E-state index >= 15 is 0 Å². The number of fused-ring (bicyclic) bond motifs is 1. The molecule has 14 heavy (non-hydrogen) atoms. The van der Waals surface area contributed by atoms with Crippen LogP contribution < -0.4 is 0 Å². The second kappa shape index (κ2) is 3.40. The molecule has 1 aromatic heterocycles. The Hall–Kier alpha value is -1.38. The van der Waals surface area contributed by atoms with Gasteiger partial charge in [0, 0.05) is 11.6 Å². The molecule has 0 N–H and O–H groups in total. The Labute approximate surface area is 84.2 Å². The maximum atomic E-state index is 4.12. The van der Waals surface area contributed by atoms with Crippen molar-refractivity contribution in [3.05, 3.63) is 24.3 Å². The smallest absolute Gasteiger partial charge is 0.154 e. The van der Waals surface area contributed by atoms with Crippen molar-refractivity contribution in [2.45, 2.75) is 26.7 Å². The molecule has 1 fully saturated rings. The van der Waals surface area contributed by atoms with E-state index in [1.807, 2.05) is 24.7 Å². The van der Waals surface area contributed by atoms with Crippen molar-refractivity contribution >= 4 is 12.3 Å². The number of nitrogens with zero attached hydrogens (tertiary/aromatic N) is 3. The lowest BCUT2D eigenvalue weighted by atomic mass is 10.1. The summed E-state index contributed by atoms with van der Waals surface area (Å²) >= 11 is 0. The van der Waals surface area contributed by atoms with E-state index in [9.17, 15) is 0 Å². The Bertz CT molecular complexity index is 339. The molecule has 74 valence electrons. The second-order valence-electron chi connectivity index (χ2n) is 3.45. The zero-order chi connectivity index (χ0) is 10.0. The molecule has 0 aromatic carbocycles. The van der Waals surface area contributed by atoms with Gasteiger partial charge in [-0.05, 0) is 18.9 Å². The van der Waals surface area contributed by atoms with Crippen molar-refractivity contribution in [1.29, 1.82) is 0 Å². The van der Waals surface area contributed by atoms with Gasteiger partial charge in [0.25, 0.3) is 0 Å². The summed E-state index contributed by atoms with van der Waals surface area (Å²) < 4.78 is 1.81. The summed E-state index contributed by atoms with van der Waals surface area (Å²) in [5.41, 5.74) is 0.350. The molecule has 2 heterocycles. The van der Waals surface area contributed by atoms with Gasteiger partial charge in [0.05, 0.1) is 0 Å². The minimum absolute atomic E-state index is 0.350. The van der Waals surface area contributed by atoms with Gasteiger partial charge in [0.1, 0.15) is 6.33 Å². The van der Waals surface area contributed by atoms with Gasteiger partial charge < -0.3 is 0 Å². The van der Waals surface area contributed by atoms with Crippen LogP contribution in [-0.2, 0) is 0 Å². The fourth-order valence-corrected chi connectivity index (χ4v) is 1.49. The summed E-state index contributed by atoms with van der Waals surface area (Å²) in [6.07, 6.45) is 12.6. The SMILES string of the molecule is C1=CC2(C=Cn3ncnc31)CC2.CC. The lowest BCUT2D eigenvalue weighted by Crippen LogP contribution is -1.90. The Morgan fingerprint density at radius 2 is 2.07 bits per heavy atom. The fourth-order valence-electron chi connectivity index (χ4n) is 1.49. The molecule has 1 aliphatic carbocycles. The van der Waals surface area contributed by atoms with E-state index in [1.54, 1.807) is 6.33 Å². The van der Waals surface area contributed by atoms with Crippen LogP contribution in [0.1, 0.15) is 32.5 Å². The average molecular weight is 189 g/mol. The molecular weight excluding hydrogens is 174 g/mol. The monoisotopic (exact) mass is 189 g/mol. The number of allylic oxidation sites excluding steroid dienone is 2. The van der Waals surface area contributed by atoms with Gasteiger partial charge >= 0.3 is 0 Å². The molecule has 1 spiro atoms. The molecular formula is C11H15N3. The zero-order valence-electron chi connectivity index (χ0n) is 8.64. The van der Waals surface area contributed by atoms with Crippen molar-refractivity contribution in [3.8, 4) is 0 Å². The van der Waals surface area contributed by atoms with Crippen LogP contribution in [0.15, 0.2) is 18.5 Å². The maximum Gasteiger partial charge on any atom is 0.154 e. The van der Waals surface area contributed by atoms with Crippen LogP contribution in [0.25, 0.3) is 12.3 Å². The molecule has 0 bridgehead atoms. The van der Waals surface area contributed by atoms with Gasteiger partial charge in [-0.1, -0.05) is 26.0 Å². The first kappa shape index (κ1) is 9.19. The van der Waals surface area contributed by atoms with Gasteiger partial charge in [0.2, 0.25) is 0 Å². The van der Waals surface area contributed by atoms with Crippen LogP contribution >= 0.6 is 0 Å². The first-order valence-electron chi connectivity index (χ1n) is 5.16. The van der Waals surface area contributed by atoms with Gasteiger partial charge in [-0.3, -0.25) is 0 Å². The summed E-state index contributed by atoms with van der Waals surface area (Å²) in [6, 6.07) is 0. The maximum absolute atomic E-state index is 4.12. The van der Waals surface area contributed by atoms with Crippen LogP contribution in [0.5, 0.6) is 0 Å². The summed E-state index contributed by atoms with van der Waals surface area (Å²) in [5.74, 6) is 0.926. The highest BCUT2D eigenvalue weighted by Gasteiger charge is 2.38. The van der Waals surface area contributed by atoms with E-state index in [-0.39, 0.29) is 0 Å². The summed E-state index contributed by atoms with van der Waals surface area (Å²) in [5, 5.41) is 4.08. The summed E-state index contributed by atoms with van der Waals surface area (Å²) in [4.78, 5) is 4.12. The number of rotatable bonds is 0. The minimum atomic E-state index is 0.350. The topological polar surface area (TPSA) is 30.7 Å². The first-order chi connectivity index (χ1) is 6.88. The van der Waals surface area contributed by atoms with Crippen molar-refractivity contribution in [3.63, 3.8) is 0 Å². The number of aromatic nitrogens is 3. The van der Waals surface area contributed by atoms with E-state index < -0.39 is 0 Å². The lowest BCUT2D eigenvalue weighted by Gasteiger charge is -1.96. The van der Waals surface area contributed by atoms with Gasteiger partial charge in [0.15, 0.2) is 5.82 Å². The van der Waals surface area contributed by atoms with Crippen molar-refractivity contribution < 1.29 is 0 Å². The van der Waals surface area contributed by atoms with E-state index in [0.29, 0.717) is 5.41 Å². The van der Waals surface area contributed by atoms with Crippen molar-refractivity contribution in [2.24, 2.45) is 5.41 Å². The van der Waals surface area contributed by atoms with Gasteiger partial charge in [-0.15, -0.1) is 0 Å². The summed E-state index contributed by atoms with van der Waals surface area (Å²) in [6.45, 7) is 4.00. The molecule has 0 unspecified atom stereocenters. The molecule has 1 aliphatic heterocycles. The quantitative estimate of drug-likeness (QED) is 0.628. The molecule has 1 saturated carbocycles. The van der Waals surface area contributed by atoms with E-state index in [1.165, 1.54) is 12.8 Å².